The van der Waals surface area contributed by atoms with E-state index in [-0.39, 0.29) is 6.10 Å². The van der Waals surface area contributed by atoms with E-state index in [0.717, 1.165) is 42.3 Å². The number of piperidine rings is 1. The van der Waals surface area contributed by atoms with Gasteiger partial charge in [0.2, 0.25) is 0 Å². The third-order valence-corrected chi connectivity index (χ3v) is 4.65. The molecule has 102 valence electrons. The van der Waals surface area contributed by atoms with Crippen molar-refractivity contribution in [2.45, 2.75) is 26.0 Å². The molecule has 2 aromatic heterocycles. The van der Waals surface area contributed by atoms with E-state index in [0.29, 0.717) is 5.92 Å². The van der Waals surface area contributed by atoms with Crippen LogP contribution < -0.4 is 0 Å². The largest absolute Gasteiger partial charge is 0.472 e. The van der Waals surface area contributed by atoms with E-state index in [1.54, 1.807) is 23.9 Å². The zero-order valence-electron chi connectivity index (χ0n) is 11.0. The van der Waals surface area contributed by atoms with Gasteiger partial charge in [-0.3, -0.25) is 4.90 Å². The fourth-order valence-electron chi connectivity index (χ4n) is 2.39. The van der Waals surface area contributed by atoms with Crippen LogP contribution in [0.4, 0.5) is 0 Å². The summed E-state index contributed by atoms with van der Waals surface area (Å²) in [6.45, 7) is 4.72. The van der Waals surface area contributed by atoms with E-state index in [2.05, 4.69) is 22.2 Å². The maximum absolute atomic E-state index is 9.91. The molecule has 5 heteroatoms. The second-order valence-corrected chi connectivity index (χ2v) is 6.08. The maximum Gasteiger partial charge on any atom is 0.126 e. The minimum absolute atomic E-state index is 0.208. The van der Waals surface area contributed by atoms with Crippen LogP contribution >= 0.6 is 11.3 Å². The number of hydrogen-bond donors (Lipinski definition) is 1. The molecule has 0 radical (unpaired) electrons. The van der Waals surface area contributed by atoms with Gasteiger partial charge in [0.05, 0.1) is 18.1 Å². The number of thiazole rings is 1. The van der Waals surface area contributed by atoms with Crippen molar-refractivity contribution in [3.8, 4) is 10.6 Å². The fourth-order valence-corrected chi connectivity index (χ4v) is 3.18. The molecule has 1 N–H and O–H groups in total. The number of aromatic nitrogens is 1. The monoisotopic (exact) mass is 278 g/mol. The first-order valence-corrected chi connectivity index (χ1v) is 7.48. The number of rotatable bonds is 3. The lowest BCUT2D eigenvalue weighted by Gasteiger charge is -2.33. The van der Waals surface area contributed by atoms with E-state index in [1.807, 2.05) is 6.07 Å². The van der Waals surface area contributed by atoms with Crippen molar-refractivity contribution < 1.29 is 9.52 Å². The van der Waals surface area contributed by atoms with Crippen LogP contribution in [-0.4, -0.2) is 34.2 Å². The molecule has 19 heavy (non-hydrogen) atoms. The summed E-state index contributed by atoms with van der Waals surface area (Å²) in [5.41, 5.74) is 2.10. The van der Waals surface area contributed by atoms with Crippen LogP contribution in [0.5, 0.6) is 0 Å². The maximum atomic E-state index is 9.91. The van der Waals surface area contributed by atoms with E-state index >= 15 is 0 Å². The summed E-state index contributed by atoms with van der Waals surface area (Å²) in [6, 6.07) is 1.93. The number of likely N-dealkylation sites (tertiary alicyclic amines) is 1. The molecule has 3 heterocycles. The number of furan rings is 1. The lowest BCUT2D eigenvalue weighted by Crippen LogP contribution is -2.42. The Morgan fingerprint density at radius 2 is 2.47 bits per heavy atom. The summed E-state index contributed by atoms with van der Waals surface area (Å²) in [5.74, 6) is 0.410. The minimum atomic E-state index is -0.208. The van der Waals surface area contributed by atoms with Gasteiger partial charge in [-0.05, 0) is 24.9 Å². The molecular weight excluding hydrogens is 260 g/mol. The van der Waals surface area contributed by atoms with Gasteiger partial charge in [0.25, 0.3) is 0 Å². The molecular formula is C14H18N2O2S. The predicted molar refractivity (Wildman–Crippen MR) is 74.9 cm³/mol. The first kappa shape index (κ1) is 12.8. The van der Waals surface area contributed by atoms with Crippen LogP contribution in [-0.2, 0) is 6.54 Å². The van der Waals surface area contributed by atoms with Crippen molar-refractivity contribution in [2.75, 3.05) is 13.1 Å². The molecule has 1 aliphatic rings. The predicted octanol–water partition coefficient (Wildman–Crippen LogP) is 2.61. The Morgan fingerprint density at radius 3 is 3.21 bits per heavy atom. The minimum Gasteiger partial charge on any atom is -0.472 e. The molecule has 0 saturated carbocycles. The number of β-amino-alcohol motifs (C(OH)–C–C–N with tert-alkyl or cyclic N) is 1. The van der Waals surface area contributed by atoms with Gasteiger partial charge in [-0.1, -0.05) is 6.92 Å². The first-order chi connectivity index (χ1) is 9.22. The van der Waals surface area contributed by atoms with Crippen LogP contribution in [0.3, 0.4) is 0 Å². The van der Waals surface area contributed by atoms with Crippen LogP contribution in [0.2, 0.25) is 0 Å². The summed E-state index contributed by atoms with van der Waals surface area (Å²) >= 11 is 1.64. The molecule has 1 saturated heterocycles. The number of aliphatic hydroxyl groups is 1. The zero-order valence-corrected chi connectivity index (χ0v) is 11.8. The lowest BCUT2D eigenvalue weighted by atomic mass is 9.96. The van der Waals surface area contributed by atoms with Crippen LogP contribution in [0.1, 0.15) is 19.0 Å². The van der Waals surface area contributed by atoms with Gasteiger partial charge in [-0.15, -0.1) is 11.3 Å². The van der Waals surface area contributed by atoms with Gasteiger partial charge in [-0.2, -0.15) is 0 Å². The summed E-state index contributed by atoms with van der Waals surface area (Å²) in [7, 11) is 0. The van der Waals surface area contributed by atoms with E-state index in [9.17, 15) is 5.11 Å². The highest BCUT2D eigenvalue weighted by Crippen LogP contribution is 2.25. The highest BCUT2D eigenvalue weighted by atomic mass is 32.1. The highest BCUT2D eigenvalue weighted by Gasteiger charge is 2.24. The summed E-state index contributed by atoms with van der Waals surface area (Å²) in [6.07, 6.45) is 4.23. The molecule has 2 aromatic rings. The van der Waals surface area contributed by atoms with Crippen molar-refractivity contribution in [3.63, 3.8) is 0 Å². The number of hydrogen-bond acceptors (Lipinski definition) is 5. The van der Waals surface area contributed by atoms with Crippen LogP contribution in [0.15, 0.2) is 28.4 Å². The topological polar surface area (TPSA) is 49.5 Å². The van der Waals surface area contributed by atoms with Gasteiger partial charge in [0.15, 0.2) is 0 Å². The molecule has 4 nitrogen and oxygen atoms in total. The molecule has 3 rings (SSSR count). The molecule has 1 fully saturated rings. The quantitative estimate of drug-likeness (QED) is 0.937. The summed E-state index contributed by atoms with van der Waals surface area (Å²) in [5, 5.41) is 13.0. The van der Waals surface area contributed by atoms with Crippen LogP contribution in [0.25, 0.3) is 10.6 Å². The van der Waals surface area contributed by atoms with Crippen molar-refractivity contribution in [1.29, 1.82) is 0 Å². The Hall–Kier alpha value is -1.17. The van der Waals surface area contributed by atoms with Crippen LogP contribution in [0, 0.1) is 5.92 Å². The summed E-state index contributed by atoms with van der Waals surface area (Å²) in [4.78, 5) is 6.90. The van der Waals surface area contributed by atoms with Crippen molar-refractivity contribution in [2.24, 2.45) is 5.92 Å². The van der Waals surface area contributed by atoms with Gasteiger partial charge in [-0.25, -0.2) is 4.98 Å². The number of aliphatic hydroxyl groups excluding tert-OH is 1. The highest BCUT2D eigenvalue weighted by molar-refractivity contribution is 7.13. The Balaban J connectivity index is 1.64. The molecule has 1 aliphatic heterocycles. The molecule has 0 aromatic carbocycles. The SMILES string of the molecule is CC1CCN(Cc2csc(-c3ccoc3)n2)CC1O. The van der Waals surface area contributed by atoms with E-state index in [1.165, 1.54) is 0 Å². The Kier molecular flexibility index (Phi) is 3.68. The third-order valence-electron chi connectivity index (χ3n) is 3.71. The Bertz CT molecular complexity index is 523. The summed E-state index contributed by atoms with van der Waals surface area (Å²) < 4.78 is 5.08. The average molecular weight is 278 g/mol. The Morgan fingerprint density at radius 1 is 1.58 bits per heavy atom. The molecule has 0 aliphatic carbocycles. The number of nitrogens with zero attached hydrogens (tertiary/aromatic N) is 2. The lowest BCUT2D eigenvalue weighted by molar-refractivity contribution is 0.0255. The smallest absolute Gasteiger partial charge is 0.126 e. The van der Waals surface area contributed by atoms with Crippen molar-refractivity contribution in [1.82, 2.24) is 9.88 Å². The first-order valence-electron chi connectivity index (χ1n) is 6.60. The van der Waals surface area contributed by atoms with E-state index < -0.39 is 0 Å². The molecule has 2 atom stereocenters. The molecule has 2 unspecified atom stereocenters. The Labute approximate surface area is 116 Å². The van der Waals surface area contributed by atoms with Crippen molar-refractivity contribution in [3.05, 3.63) is 29.7 Å². The second-order valence-electron chi connectivity index (χ2n) is 5.22. The molecule has 0 bridgehead atoms. The van der Waals surface area contributed by atoms with Gasteiger partial charge < -0.3 is 9.52 Å². The van der Waals surface area contributed by atoms with Gasteiger partial charge >= 0.3 is 0 Å². The normalized spacial score (nSPS) is 24.7. The average Bonchev–Trinajstić information content (AvgIpc) is 3.04. The van der Waals surface area contributed by atoms with Crippen molar-refractivity contribution >= 4 is 11.3 Å². The third kappa shape index (κ3) is 2.88. The van der Waals surface area contributed by atoms with Gasteiger partial charge in [0, 0.05) is 24.0 Å². The zero-order chi connectivity index (χ0) is 13.2. The van der Waals surface area contributed by atoms with E-state index in [4.69, 9.17) is 4.42 Å². The molecule has 0 amide bonds. The standard InChI is InChI=1S/C14H18N2O2S/c1-10-2-4-16(7-13(10)17)6-12-9-19-14(15-12)11-3-5-18-8-11/h3,5,8-10,13,17H,2,4,6-7H2,1H3. The van der Waals surface area contributed by atoms with Gasteiger partial charge in [0.1, 0.15) is 11.3 Å². The molecule has 0 spiro atoms. The second kappa shape index (κ2) is 5.45. The fraction of sp³-hybridized carbons (Fsp3) is 0.500.